The van der Waals surface area contributed by atoms with E-state index in [-0.39, 0.29) is 32.1 Å². The molecule has 0 aliphatic heterocycles. The number of imidazole rings is 1. The maximum Gasteiger partial charge on any atom is 0.0916 e. The molecule has 2 aromatic carbocycles. The summed E-state index contributed by atoms with van der Waals surface area (Å²) in [5.74, 6) is 0. The van der Waals surface area contributed by atoms with Crippen LogP contribution >= 0.6 is 0 Å². The molecule has 0 spiro atoms. The van der Waals surface area contributed by atoms with Crippen molar-refractivity contribution in [1.29, 1.82) is 0 Å². The van der Waals surface area contributed by atoms with Crippen LogP contribution in [0.3, 0.4) is 0 Å². The van der Waals surface area contributed by atoms with Crippen molar-refractivity contribution >= 4 is 0 Å². The molecule has 1 fully saturated rings. The Labute approximate surface area is 193 Å². The smallest absolute Gasteiger partial charge is 0.0916 e. The molecule has 1 aliphatic rings. The number of aromatic nitrogens is 2. The summed E-state index contributed by atoms with van der Waals surface area (Å²) >= 11 is 0. The fourth-order valence-electron chi connectivity index (χ4n) is 3.29. The first kappa shape index (κ1) is 23.6. The van der Waals surface area contributed by atoms with Gasteiger partial charge in [-0.15, -0.1) is 24.7 Å². The predicted molar refractivity (Wildman–Crippen MR) is 116 cm³/mol. The first-order chi connectivity index (χ1) is 13.8. The van der Waals surface area contributed by atoms with Crippen LogP contribution in [0.25, 0.3) is 10.6 Å². The number of benzene rings is 2. The number of rotatable bonds is 6. The van der Waals surface area contributed by atoms with Gasteiger partial charge in [-0.1, -0.05) is 74.1 Å². The van der Waals surface area contributed by atoms with E-state index in [4.69, 9.17) is 10.6 Å². The third kappa shape index (κ3) is 8.69. The minimum absolute atomic E-state index is 0. The summed E-state index contributed by atoms with van der Waals surface area (Å²) < 4.78 is 2.00. The maximum atomic E-state index is 4.95. The Morgan fingerprint density at radius 2 is 1.62 bits per heavy atom. The summed E-state index contributed by atoms with van der Waals surface area (Å²) in [7, 11) is 0. The molecule has 0 radical (unpaired) electrons. The first-order valence-corrected chi connectivity index (χ1v) is 10.1. The van der Waals surface area contributed by atoms with Crippen LogP contribution in [0, 0.1) is 6.92 Å². The standard InChI is InChI=1S/C17H22N4.C7H7.Hf/c1-3-7-15(8-4-1)13-19-17(21-12-11-18-14-21)20-16-9-5-2-6-10-16;1-7-5-3-2-4-6-7;/h1,3-4,7-8,11-12,14,16-17H,2,5-6,9-10,13H2;2-6H,1H2;/q-2;-1;. The summed E-state index contributed by atoms with van der Waals surface area (Å²) in [4.78, 5) is 4.13. The van der Waals surface area contributed by atoms with E-state index in [9.17, 15) is 0 Å². The van der Waals surface area contributed by atoms with Gasteiger partial charge >= 0.3 is 0 Å². The molecule has 1 saturated carbocycles. The van der Waals surface area contributed by atoms with E-state index in [1.165, 1.54) is 37.7 Å². The summed E-state index contributed by atoms with van der Waals surface area (Å²) in [6.07, 6.45) is 11.8. The molecule has 0 bridgehead atoms. The van der Waals surface area contributed by atoms with Gasteiger partial charge < -0.3 is 15.2 Å². The largest absolute Gasteiger partial charge is 0.658 e. The van der Waals surface area contributed by atoms with Crippen LogP contribution in [0.2, 0.25) is 0 Å². The Balaban J connectivity index is 0.000000319. The second-order valence-corrected chi connectivity index (χ2v) is 7.11. The van der Waals surface area contributed by atoms with Crippen LogP contribution in [0.15, 0.2) is 79.4 Å². The Kier molecular flexibility index (Phi) is 11.0. The molecule has 1 aliphatic carbocycles. The van der Waals surface area contributed by atoms with Crippen LogP contribution < -0.4 is 0 Å². The minimum Gasteiger partial charge on any atom is -0.658 e. The maximum absolute atomic E-state index is 4.95. The second-order valence-electron chi connectivity index (χ2n) is 7.11. The van der Waals surface area contributed by atoms with Gasteiger partial charge in [0, 0.05) is 38.2 Å². The van der Waals surface area contributed by atoms with Gasteiger partial charge in [0.05, 0.1) is 6.33 Å². The number of nitrogens with zero attached hydrogens (tertiary/aromatic N) is 4. The molecule has 0 saturated heterocycles. The van der Waals surface area contributed by atoms with E-state index in [2.05, 4.69) is 36.2 Å². The molecule has 0 amide bonds. The molecule has 1 atom stereocenters. The Morgan fingerprint density at radius 3 is 2.17 bits per heavy atom. The van der Waals surface area contributed by atoms with Gasteiger partial charge in [0.25, 0.3) is 0 Å². The molecule has 152 valence electrons. The third-order valence-corrected chi connectivity index (χ3v) is 4.83. The number of hydrogen-bond acceptors (Lipinski definition) is 1. The number of hydrogen-bond donors (Lipinski definition) is 0. The second kappa shape index (κ2) is 13.5. The van der Waals surface area contributed by atoms with E-state index in [0.29, 0.717) is 12.6 Å². The van der Waals surface area contributed by atoms with E-state index < -0.39 is 0 Å². The van der Waals surface area contributed by atoms with Crippen molar-refractivity contribution in [3.8, 4) is 0 Å². The van der Waals surface area contributed by atoms with Gasteiger partial charge in [0.1, 0.15) is 0 Å². The van der Waals surface area contributed by atoms with Crippen molar-refractivity contribution in [2.24, 2.45) is 0 Å². The van der Waals surface area contributed by atoms with E-state index in [1.54, 1.807) is 6.20 Å². The zero-order chi connectivity index (χ0) is 19.4. The topological polar surface area (TPSA) is 46.0 Å². The fraction of sp³-hybridized carbons (Fsp3) is 0.333. The molecular weight excluding hydrogens is 523 g/mol. The van der Waals surface area contributed by atoms with Gasteiger partial charge in [-0.05, 0) is 0 Å². The van der Waals surface area contributed by atoms with E-state index in [0.717, 1.165) is 5.56 Å². The monoisotopic (exact) mass is 553 g/mol. The molecule has 1 aromatic heterocycles. The van der Waals surface area contributed by atoms with Gasteiger partial charge in [-0.25, -0.2) is 4.98 Å². The SMILES string of the molecule is [CH2-]c1ccccc1.[Hf].c1ccc(C[N-]C([N-]C2CCCCC2)n2ccnc2)cc1. The Morgan fingerprint density at radius 1 is 0.966 bits per heavy atom. The van der Waals surface area contributed by atoms with Gasteiger partial charge in [-0.2, -0.15) is 30.9 Å². The average Bonchev–Trinajstić information content (AvgIpc) is 3.28. The third-order valence-electron chi connectivity index (χ3n) is 4.83. The zero-order valence-electron chi connectivity index (χ0n) is 16.9. The average molecular weight is 552 g/mol. The van der Waals surface area contributed by atoms with Crippen molar-refractivity contribution in [3.63, 3.8) is 0 Å². The van der Waals surface area contributed by atoms with Crippen molar-refractivity contribution in [3.05, 3.63) is 108 Å². The molecule has 4 nitrogen and oxygen atoms in total. The van der Waals surface area contributed by atoms with Crippen LogP contribution in [0.4, 0.5) is 0 Å². The summed E-state index contributed by atoms with van der Waals surface area (Å²) in [6, 6.07) is 20.7. The quantitative estimate of drug-likeness (QED) is 0.255. The van der Waals surface area contributed by atoms with E-state index in [1.807, 2.05) is 53.5 Å². The van der Waals surface area contributed by atoms with Crippen LogP contribution in [-0.4, -0.2) is 15.6 Å². The molecule has 4 rings (SSSR count). The molecule has 3 aromatic rings. The minimum atomic E-state index is -0.143. The van der Waals surface area contributed by atoms with E-state index >= 15 is 0 Å². The molecule has 1 unspecified atom stereocenters. The summed E-state index contributed by atoms with van der Waals surface area (Å²) in [5, 5.41) is 9.74. The van der Waals surface area contributed by atoms with Crippen LogP contribution in [-0.2, 0) is 32.4 Å². The molecule has 1 heterocycles. The Hall–Kier alpha value is -1.69. The van der Waals surface area contributed by atoms with Crippen molar-refractivity contribution in [1.82, 2.24) is 9.55 Å². The normalized spacial score (nSPS) is 14.9. The summed E-state index contributed by atoms with van der Waals surface area (Å²) in [5.41, 5.74) is 2.30. The van der Waals surface area contributed by atoms with Crippen molar-refractivity contribution in [2.75, 3.05) is 0 Å². The van der Waals surface area contributed by atoms with Gasteiger partial charge in [0.15, 0.2) is 0 Å². The van der Waals surface area contributed by atoms with Crippen molar-refractivity contribution < 1.29 is 25.8 Å². The molecule has 0 N–H and O–H groups in total. The predicted octanol–water partition coefficient (Wildman–Crippen LogP) is 6.49. The molecular formula is C24H29HfN4-3. The molecule has 29 heavy (non-hydrogen) atoms. The first-order valence-electron chi connectivity index (χ1n) is 10.1. The molecule has 5 heteroatoms. The van der Waals surface area contributed by atoms with Crippen LogP contribution in [0.1, 0.15) is 49.5 Å². The fourth-order valence-corrected chi connectivity index (χ4v) is 3.29. The van der Waals surface area contributed by atoms with Gasteiger partial charge in [-0.3, -0.25) is 0 Å². The Bertz CT molecular complexity index is 756. The van der Waals surface area contributed by atoms with Gasteiger partial charge in [0.2, 0.25) is 0 Å². The zero-order valence-corrected chi connectivity index (χ0v) is 20.5. The van der Waals surface area contributed by atoms with Crippen LogP contribution in [0.5, 0.6) is 0 Å². The van der Waals surface area contributed by atoms with Crippen molar-refractivity contribution in [2.45, 2.75) is 51.0 Å². The summed E-state index contributed by atoms with van der Waals surface area (Å²) in [6.45, 7) is 4.41.